The molecule has 2 aromatic carbocycles. The molecule has 0 spiro atoms. The Labute approximate surface area is 170 Å². The van der Waals surface area contributed by atoms with Crippen LogP contribution in [0, 0.1) is 11.8 Å². The second-order valence-corrected chi connectivity index (χ2v) is 11.0. The molecule has 1 nitrogen and oxygen atoms in total. The van der Waals surface area contributed by atoms with Crippen LogP contribution in [0.1, 0.15) is 77.3 Å². The fourth-order valence-corrected chi connectivity index (χ4v) is 6.38. The van der Waals surface area contributed by atoms with Crippen molar-refractivity contribution in [3.05, 3.63) is 53.6 Å². The van der Waals surface area contributed by atoms with Crippen LogP contribution in [0.3, 0.4) is 0 Å². The van der Waals surface area contributed by atoms with Gasteiger partial charge >= 0.3 is 0 Å². The van der Waals surface area contributed by atoms with Gasteiger partial charge in [-0.15, -0.1) is 0 Å². The molecule has 2 fully saturated rings. The maximum absolute atomic E-state index is 3.90. The second kappa shape index (κ2) is 6.37. The van der Waals surface area contributed by atoms with Gasteiger partial charge in [0.1, 0.15) is 0 Å². The average molecular weight is 374 g/mol. The largest absolute Gasteiger partial charge is 0.382 e. The van der Waals surface area contributed by atoms with E-state index >= 15 is 0 Å². The molecule has 0 heterocycles. The number of anilines is 1. The van der Waals surface area contributed by atoms with Crippen molar-refractivity contribution < 1.29 is 0 Å². The third kappa shape index (κ3) is 2.98. The van der Waals surface area contributed by atoms with Gasteiger partial charge in [-0.25, -0.2) is 0 Å². The van der Waals surface area contributed by atoms with Crippen LogP contribution in [0.5, 0.6) is 0 Å². The molecule has 0 saturated heterocycles. The number of benzene rings is 2. The summed E-state index contributed by atoms with van der Waals surface area (Å²) < 4.78 is 0. The van der Waals surface area contributed by atoms with E-state index < -0.39 is 0 Å². The summed E-state index contributed by atoms with van der Waals surface area (Å²) >= 11 is 0. The molecule has 3 aliphatic rings. The summed E-state index contributed by atoms with van der Waals surface area (Å²) in [6.07, 6.45) is 8.24. The molecule has 2 saturated carbocycles. The molecule has 3 atom stereocenters. The zero-order chi connectivity index (χ0) is 19.5. The van der Waals surface area contributed by atoms with Gasteiger partial charge in [0.05, 0.1) is 0 Å². The van der Waals surface area contributed by atoms with Gasteiger partial charge in [0, 0.05) is 11.7 Å². The molecule has 148 valence electrons. The first-order valence-corrected chi connectivity index (χ1v) is 11.3. The molecule has 3 aliphatic carbocycles. The van der Waals surface area contributed by atoms with Crippen molar-refractivity contribution in [3.8, 4) is 11.1 Å². The topological polar surface area (TPSA) is 12.0 Å². The van der Waals surface area contributed by atoms with Gasteiger partial charge in [0.25, 0.3) is 0 Å². The van der Waals surface area contributed by atoms with Gasteiger partial charge in [-0.05, 0) is 89.2 Å². The number of hydrogen-bond donors (Lipinski definition) is 1. The normalized spacial score (nSPS) is 29.5. The molecule has 0 amide bonds. The zero-order valence-corrected chi connectivity index (χ0v) is 18.0. The van der Waals surface area contributed by atoms with Crippen LogP contribution < -0.4 is 5.32 Å². The van der Waals surface area contributed by atoms with Crippen molar-refractivity contribution in [3.63, 3.8) is 0 Å². The van der Waals surface area contributed by atoms with Gasteiger partial charge < -0.3 is 5.32 Å². The first-order chi connectivity index (χ1) is 13.3. The molecule has 28 heavy (non-hydrogen) atoms. The predicted molar refractivity (Wildman–Crippen MR) is 120 cm³/mol. The highest BCUT2D eigenvalue weighted by atomic mass is 14.9. The lowest BCUT2D eigenvalue weighted by Crippen LogP contribution is -2.34. The zero-order valence-electron chi connectivity index (χ0n) is 18.0. The van der Waals surface area contributed by atoms with Crippen LogP contribution in [0.25, 0.3) is 11.1 Å². The highest BCUT2D eigenvalue weighted by Crippen LogP contribution is 2.50. The third-order valence-electron chi connectivity index (χ3n) is 8.11. The Balaban J connectivity index is 1.52. The van der Waals surface area contributed by atoms with Crippen LogP contribution in [-0.4, -0.2) is 6.04 Å². The van der Waals surface area contributed by atoms with E-state index in [4.69, 9.17) is 0 Å². The van der Waals surface area contributed by atoms with E-state index in [-0.39, 0.29) is 10.8 Å². The van der Waals surface area contributed by atoms with E-state index in [1.807, 2.05) is 0 Å². The SMILES string of the molecule is CC1(C)CCC(C)(C)c2c(-c3cccc(NC4CC5CCC4C5)c3)cccc21. The van der Waals surface area contributed by atoms with Gasteiger partial charge in [0.2, 0.25) is 0 Å². The highest BCUT2D eigenvalue weighted by molar-refractivity contribution is 5.74. The van der Waals surface area contributed by atoms with Crippen LogP contribution >= 0.6 is 0 Å². The first-order valence-electron chi connectivity index (χ1n) is 11.3. The van der Waals surface area contributed by atoms with E-state index in [2.05, 4.69) is 75.5 Å². The molecule has 0 radical (unpaired) electrons. The van der Waals surface area contributed by atoms with E-state index in [1.54, 1.807) is 11.1 Å². The fraction of sp³-hybridized carbons (Fsp3) is 0.556. The summed E-state index contributed by atoms with van der Waals surface area (Å²) in [5, 5.41) is 3.90. The smallest absolute Gasteiger partial charge is 0.0348 e. The molecule has 0 aliphatic heterocycles. The molecule has 3 unspecified atom stereocenters. The van der Waals surface area contributed by atoms with Crippen molar-refractivity contribution in [2.24, 2.45) is 11.8 Å². The van der Waals surface area contributed by atoms with E-state index in [0.717, 1.165) is 11.8 Å². The van der Waals surface area contributed by atoms with Crippen molar-refractivity contribution in [2.45, 2.75) is 83.1 Å². The minimum atomic E-state index is 0.232. The summed E-state index contributed by atoms with van der Waals surface area (Å²) in [7, 11) is 0. The van der Waals surface area contributed by atoms with Gasteiger partial charge in [0.15, 0.2) is 0 Å². The Bertz CT molecular complexity index is 891. The van der Waals surface area contributed by atoms with E-state index in [0.29, 0.717) is 6.04 Å². The quantitative estimate of drug-likeness (QED) is 0.595. The summed E-state index contributed by atoms with van der Waals surface area (Å²) in [4.78, 5) is 0. The van der Waals surface area contributed by atoms with Crippen molar-refractivity contribution in [1.82, 2.24) is 0 Å². The highest BCUT2D eigenvalue weighted by Gasteiger charge is 2.40. The second-order valence-electron chi connectivity index (χ2n) is 11.0. The third-order valence-corrected chi connectivity index (χ3v) is 8.11. The Morgan fingerprint density at radius 3 is 2.39 bits per heavy atom. The molecular formula is C27H35N. The lowest BCUT2D eigenvalue weighted by atomic mass is 9.61. The van der Waals surface area contributed by atoms with Crippen LogP contribution in [0.15, 0.2) is 42.5 Å². The maximum atomic E-state index is 3.90. The molecule has 1 heteroatoms. The first kappa shape index (κ1) is 18.3. The molecular weight excluding hydrogens is 338 g/mol. The summed E-state index contributed by atoms with van der Waals surface area (Å²) in [6, 6.07) is 16.9. The Hall–Kier alpha value is -1.76. The molecule has 2 aromatic rings. The van der Waals surface area contributed by atoms with Gasteiger partial charge in [-0.3, -0.25) is 0 Å². The minimum Gasteiger partial charge on any atom is -0.382 e. The summed E-state index contributed by atoms with van der Waals surface area (Å²) in [5.74, 6) is 1.88. The minimum absolute atomic E-state index is 0.232. The Morgan fingerprint density at radius 1 is 0.857 bits per heavy atom. The number of rotatable bonds is 3. The monoisotopic (exact) mass is 373 g/mol. The fourth-order valence-electron chi connectivity index (χ4n) is 6.38. The van der Waals surface area contributed by atoms with Crippen molar-refractivity contribution >= 4 is 5.69 Å². The van der Waals surface area contributed by atoms with Crippen LogP contribution in [-0.2, 0) is 10.8 Å². The lowest BCUT2D eigenvalue weighted by molar-refractivity contribution is 0.333. The molecule has 0 aromatic heterocycles. The summed E-state index contributed by atoms with van der Waals surface area (Å²) in [6.45, 7) is 9.69. The number of fused-ring (bicyclic) bond motifs is 3. The Morgan fingerprint density at radius 2 is 1.64 bits per heavy atom. The van der Waals surface area contributed by atoms with Crippen LogP contribution in [0.2, 0.25) is 0 Å². The number of nitrogens with one attached hydrogen (secondary N) is 1. The summed E-state index contributed by atoms with van der Waals surface area (Å²) in [5.41, 5.74) is 7.73. The Kier molecular flexibility index (Phi) is 4.16. The van der Waals surface area contributed by atoms with Crippen molar-refractivity contribution in [1.29, 1.82) is 0 Å². The van der Waals surface area contributed by atoms with Crippen molar-refractivity contribution in [2.75, 3.05) is 5.32 Å². The van der Waals surface area contributed by atoms with Crippen LogP contribution in [0.4, 0.5) is 5.69 Å². The van der Waals surface area contributed by atoms with E-state index in [9.17, 15) is 0 Å². The molecule has 5 rings (SSSR count). The predicted octanol–water partition coefficient (Wildman–Crippen LogP) is 7.30. The van der Waals surface area contributed by atoms with Gasteiger partial charge in [-0.2, -0.15) is 0 Å². The van der Waals surface area contributed by atoms with E-state index in [1.165, 1.54) is 55.3 Å². The maximum Gasteiger partial charge on any atom is 0.0348 e. The number of hydrogen-bond acceptors (Lipinski definition) is 1. The average Bonchev–Trinajstić information content (AvgIpc) is 3.29. The lowest BCUT2D eigenvalue weighted by Gasteiger charge is -2.43. The standard InChI is InChI=1S/C27H35N/c1-26(2)13-14-27(3,4)25-22(9-6-10-23(25)26)19-7-5-8-21(17-19)28-24-16-18-11-12-20(24)15-18/h5-10,17-18,20,24,28H,11-16H2,1-4H3. The molecule has 1 N–H and O–H groups in total. The molecule has 2 bridgehead atoms. The van der Waals surface area contributed by atoms with Gasteiger partial charge in [-0.1, -0.05) is 64.4 Å².